The minimum absolute atomic E-state index is 0.000432. The summed E-state index contributed by atoms with van der Waals surface area (Å²) in [6, 6.07) is 8.60. The number of nitrogens with two attached hydrogens (primary N) is 1. The molecular formula is C29H37N5O7S. The van der Waals surface area contributed by atoms with Crippen molar-refractivity contribution in [3.63, 3.8) is 0 Å². The van der Waals surface area contributed by atoms with Crippen molar-refractivity contribution in [1.29, 1.82) is 0 Å². The number of aliphatic carboxylic acids is 1. The SMILES string of the molecule is CSCCC(NC(=O)C(Cc1ccc(O)cc1)NC(=O)C(N)C(C)O)C(=O)NC(Cc1c[nH]c2ccccc12)C(=O)O. The van der Waals surface area contributed by atoms with Gasteiger partial charge < -0.3 is 42.0 Å². The van der Waals surface area contributed by atoms with Crippen LogP contribution in [0.1, 0.15) is 24.5 Å². The molecule has 0 aliphatic carbocycles. The molecule has 0 aliphatic heterocycles. The van der Waals surface area contributed by atoms with Crippen molar-refractivity contribution in [3.05, 3.63) is 65.9 Å². The molecule has 0 radical (unpaired) electrons. The summed E-state index contributed by atoms with van der Waals surface area (Å²) in [4.78, 5) is 54.7. The third kappa shape index (κ3) is 8.96. The third-order valence-electron chi connectivity index (χ3n) is 6.79. The van der Waals surface area contributed by atoms with Gasteiger partial charge in [0.15, 0.2) is 0 Å². The van der Waals surface area contributed by atoms with Crippen molar-refractivity contribution in [3.8, 4) is 5.75 Å². The molecule has 3 aromatic rings. The number of H-pyrrole nitrogens is 1. The highest BCUT2D eigenvalue weighted by atomic mass is 32.2. The topological polar surface area (TPSA) is 207 Å². The number of phenols is 1. The lowest BCUT2D eigenvalue weighted by atomic mass is 10.0. The molecule has 226 valence electrons. The fourth-order valence-electron chi connectivity index (χ4n) is 4.33. The van der Waals surface area contributed by atoms with Crippen molar-refractivity contribution in [2.75, 3.05) is 12.0 Å². The maximum absolute atomic E-state index is 13.5. The molecule has 3 rings (SSSR count). The number of aromatic hydroxyl groups is 1. The van der Waals surface area contributed by atoms with Gasteiger partial charge in [-0.1, -0.05) is 30.3 Å². The Bertz CT molecular complexity index is 1380. The van der Waals surface area contributed by atoms with Crippen molar-refractivity contribution in [1.82, 2.24) is 20.9 Å². The van der Waals surface area contributed by atoms with Gasteiger partial charge in [-0.3, -0.25) is 14.4 Å². The van der Waals surface area contributed by atoms with Crippen LogP contribution < -0.4 is 21.7 Å². The van der Waals surface area contributed by atoms with Gasteiger partial charge in [0.2, 0.25) is 17.7 Å². The molecule has 0 saturated carbocycles. The molecule has 13 heteroatoms. The zero-order valence-electron chi connectivity index (χ0n) is 23.4. The Morgan fingerprint density at radius 2 is 1.52 bits per heavy atom. The molecular weight excluding hydrogens is 562 g/mol. The monoisotopic (exact) mass is 599 g/mol. The van der Waals surface area contributed by atoms with E-state index >= 15 is 0 Å². The van der Waals surface area contributed by atoms with Crippen molar-refractivity contribution in [2.24, 2.45) is 5.73 Å². The number of amides is 3. The summed E-state index contributed by atoms with van der Waals surface area (Å²) in [6.45, 7) is 1.34. The van der Waals surface area contributed by atoms with Crippen LogP contribution in [0.15, 0.2) is 54.7 Å². The van der Waals surface area contributed by atoms with Crippen LogP contribution in [0.4, 0.5) is 0 Å². The molecule has 0 fully saturated rings. The van der Waals surface area contributed by atoms with Crippen molar-refractivity contribution < 1.29 is 34.5 Å². The first kappa shape index (κ1) is 32.4. The molecule has 12 nitrogen and oxygen atoms in total. The lowest BCUT2D eigenvalue weighted by molar-refractivity contribution is -0.142. The number of para-hydroxylation sites is 1. The first-order valence-corrected chi connectivity index (χ1v) is 14.8. The Labute approximate surface area is 247 Å². The van der Waals surface area contributed by atoms with E-state index in [-0.39, 0.29) is 25.0 Å². The Hall–Kier alpha value is -4.07. The molecule has 1 heterocycles. The Morgan fingerprint density at radius 3 is 2.17 bits per heavy atom. The lowest BCUT2D eigenvalue weighted by Crippen LogP contribution is -2.58. The van der Waals surface area contributed by atoms with E-state index in [2.05, 4.69) is 20.9 Å². The predicted octanol–water partition coefficient (Wildman–Crippen LogP) is 0.659. The summed E-state index contributed by atoms with van der Waals surface area (Å²) in [7, 11) is 0. The van der Waals surface area contributed by atoms with Crippen LogP contribution in [-0.2, 0) is 32.0 Å². The van der Waals surface area contributed by atoms with E-state index in [0.717, 1.165) is 10.9 Å². The fraction of sp³-hybridized carbons (Fsp3) is 0.379. The van der Waals surface area contributed by atoms with E-state index in [0.29, 0.717) is 16.9 Å². The van der Waals surface area contributed by atoms with Crippen LogP contribution in [0.2, 0.25) is 0 Å². The van der Waals surface area contributed by atoms with Gasteiger partial charge in [-0.2, -0.15) is 11.8 Å². The maximum atomic E-state index is 13.5. The number of carboxylic acids is 1. The van der Waals surface area contributed by atoms with E-state index < -0.39 is 54.0 Å². The Morgan fingerprint density at radius 1 is 0.905 bits per heavy atom. The van der Waals surface area contributed by atoms with Crippen molar-refractivity contribution in [2.45, 2.75) is 56.5 Å². The zero-order chi connectivity index (χ0) is 30.8. The second-order valence-electron chi connectivity index (χ2n) is 10.0. The zero-order valence-corrected chi connectivity index (χ0v) is 24.2. The second-order valence-corrected chi connectivity index (χ2v) is 11.0. The van der Waals surface area contributed by atoms with Crippen LogP contribution in [0.5, 0.6) is 5.75 Å². The number of carbonyl (C=O) groups is 4. The van der Waals surface area contributed by atoms with Gasteiger partial charge in [0.25, 0.3) is 0 Å². The number of aromatic nitrogens is 1. The van der Waals surface area contributed by atoms with Gasteiger partial charge >= 0.3 is 5.97 Å². The molecule has 5 unspecified atom stereocenters. The number of aliphatic hydroxyl groups is 1. The van der Waals surface area contributed by atoms with E-state index in [1.807, 2.05) is 30.5 Å². The molecule has 5 atom stereocenters. The standard InChI is InChI=1S/C29H37N5O7S/c1-16(35)25(30)28(39)33-23(13-17-7-9-19(36)10-8-17)27(38)32-22(11-12-42-2)26(37)34-24(29(40)41)14-18-15-31-21-6-4-3-5-20(18)21/h3-10,15-16,22-25,31,35-36H,11-14,30H2,1-2H3,(H,32,38)(H,33,39)(H,34,37)(H,40,41). The highest BCUT2D eigenvalue weighted by Gasteiger charge is 2.31. The minimum atomic E-state index is -1.29. The van der Waals surface area contributed by atoms with Gasteiger partial charge in [-0.25, -0.2) is 4.79 Å². The summed E-state index contributed by atoms with van der Waals surface area (Å²) in [5.41, 5.74) is 7.92. The van der Waals surface area contributed by atoms with Crippen molar-refractivity contribution >= 4 is 46.4 Å². The smallest absolute Gasteiger partial charge is 0.326 e. The molecule has 2 aromatic carbocycles. The summed E-state index contributed by atoms with van der Waals surface area (Å²) in [5, 5.41) is 37.8. The number of thioether (sulfide) groups is 1. The average molecular weight is 600 g/mol. The van der Waals surface area contributed by atoms with E-state index in [4.69, 9.17) is 5.73 Å². The molecule has 3 amide bonds. The van der Waals surface area contributed by atoms with Gasteiger partial charge in [0, 0.05) is 29.9 Å². The molecule has 42 heavy (non-hydrogen) atoms. The number of rotatable bonds is 15. The van der Waals surface area contributed by atoms with Gasteiger partial charge in [0.05, 0.1) is 6.10 Å². The predicted molar refractivity (Wildman–Crippen MR) is 160 cm³/mol. The molecule has 0 bridgehead atoms. The first-order valence-electron chi connectivity index (χ1n) is 13.4. The number of fused-ring (bicyclic) bond motifs is 1. The van der Waals surface area contributed by atoms with Gasteiger partial charge in [-0.05, 0) is 54.7 Å². The third-order valence-corrected chi connectivity index (χ3v) is 7.43. The van der Waals surface area contributed by atoms with E-state index in [1.165, 1.54) is 30.8 Å². The number of benzene rings is 2. The highest BCUT2D eigenvalue weighted by molar-refractivity contribution is 7.98. The lowest BCUT2D eigenvalue weighted by Gasteiger charge is -2.25. The molecule has 0 spiro atoms. The number of aromatic amines is 1. The fourth-order valence-corrected chi connectivity index (χ4v) is 4.81. The quantitative estimate of drug-likeness (QED) is 0.123. The normalized spacial score (nSPS) is 14.8. The Balaban J connectivity index is 1.78. The van der Waals surface area contributed by atoms with Crippen LogP contribution in [-0.4, -0.2) is 86.3 Å². The summed E-state index contributed by atoms with van der Waals surface area (Å²) in [6.07, 6.45) is 2.58. The first-order chi connectivity index (χ1) is 20.0. The molecule has 9 N–H and O–H groups in total. The Kier molecular flexibility index (Phi) is 11.8. The van der Waals surface area contributed by atoms with E-state index in [1.54, 1.807) is 18.3 Å². The average Bonchev–Trinajstić information content (AvgIpc) is 3.37. The highest BCUT2D eigenvalue weighted by Crippen LogP contribution is 2.19. The van der Waals surface area contributed by atoms with E-state index in [9.17, 15) is 34.5 Å². The summed E-state index contributed by atoms with van der Waals surface area (Å²) < 4.78 is 0. The van der Waals surface area contributed by atoms with Crippen LogP contribution in [0, 0.1) is 0 Å². The summed E-state index contributed by atoms with van der Waals surface area (Å²) >= 11 is 1.45. The maximum Gasteiger partial charge on any atom is 0.326 e. The molecule has 1 aromatic heterocycles. The van der Waals surface area contributed by atoms with Crippen LogP contribution in [0.3, 0.4) is 0 Å². The number of phenolic OH excluding ortho intramolecular Hbond substituents is 1. The minimum Gasteiger partial charge on any atom is -0.508 e. The van der Waals surface area contributed by atoms with Gasteiger partial charge in [-0.15, -0.1) is 0 Å². The number of hydrogen-bond acceptors (Lipinski definition) is 8. The van der Waals surface area contributed by atoms with Crippen LogP contribution in [0.25, 0.3) is 10.9 Å². The number of aliphatic hydroxyl groups excluding tert-OH is 1. The number of hydrogen-bond donors (Lipinski definition) is 8. The van der Waals surface area contributed by atoms with Gasteiger partial charge in [0.1, 0.15) is 29.9 Å². The number of carboxylic acid groups (broad SMARTS) is 1. The second kappa shape index (κ2) is 15.2. The number of nitrogens with one attached hydrogen (secondary N) is 4. The molecule has 0 saturated heterocycles. The molecule has 0 aliphatic rings. The number of carbonyl (C=O) groups excluding carboxylic acids is 3. The summed E-state index contributed by atoms with van der Waals surface area (Å²) in [5.74, 6) is -2.86. The largest absolute Gasteiger partial charge is 0.508 e. The van der Waals surface area contributed by atoms with Crippen LogP contribution >= 0.6 is 11.8 Å².